The summed E-state index contributed by atoms with van der Waals surface area (Å²) in [5.41, 5.74) is 4.65. The Morgan fingerprint density at radius 3 is 2.15 bits per heavy atom. The van der Waals surface area contributed by atoms with Crippen molar-refractivity contribution in [3.63, 3.8) is 0 Å². The van der Waals surface area contributed by atoms with E-state index in [0.29, 0.717) is 23.7 Å². The molecule has 1 fully saturated rings. The molecule has 1 N–H and O–H groups in total. The Kier molecular flexibility index (Phi) is 6.46. The smallest absolute Gasteiger partial charge is 0.321 e. The largest absolute Gasteiger partial charge is 0.465 e. The molecular weight excluding hydrogens is 430 g/mol. The maximum Gasteiger partial charge on any atom is 0.321 e. The summed E-state index contributed by atoms with van der Waals surface area (Å²) in [5, 5.41) is 6.97. The van der Waals surface area contributed by atoms with Crippen LogP contribution >= 0.6 is 0 Å². The van der Waals surface area contributed by atoms with Crippen LogP contribution in [0.15, 0.2) is 53.1 Å². The average molecular weight is 462 g/mol. The van der Waals surface area contributed by atoms with Crippen LogP contribution in [0.25, 0.3) is 22.5 Å². The van der Waals surface area contributed by atoms with Crippen LogP contribution in [0.1, 0.15) is 44.9 Å². The van der Waals surface area contributed by atoms with Gasteiger partial charge >= 0.3 is 12.0 Å². The molecule has 3 aromatic rings. The molecule has 0 spiro atoms. The summed E-state index contributed by atoms with van der Waals surface area (Å²) in [6.45, 7) is 7.94. The zero-order valence-corrected chi connectivity index (χ0v) is 20.3. The molecule has 1 aliphatic rings. The maximum absolute atomic E-state index is 12.5. The normalized spacial score (nSPS) is 14.1. The van der Waals surface area contributed by atoms with Gasteiger partial charge in [-0.3, -0.25) is 4.79 Å². The van der Waals surface area contributed by atoms with Gasteiger partial charge in [0.05, 0.1) is 12.0 Å². The third kappa shape index (κ3) is 4.42. The second kappa shape index (κ2) is 9.33. The Morgan fingerprint density at radius 1 is 1.06 bits per heavy atom. The average Bonchev–Trinajstić information content (AvgIpc) is 3.58. The molecule has 7 heteroatoms. The first kappa shape index (κ1) is 23.5. The lowest BCUT2D eigenvalue weighted by Gasteiger charge is -2.21. The second-order valence-electron chi connectivity index (χ2n) is 9.06. The fourth-order valence-electron chi connectivity index (χ4n) is 3.94. The lowest BCUT2D eigenvalue weighted by molar-refractivity contribution is -0.146. The number of carbonyl (C=O) groups excluding carboxylic acids is 2. The first-order valence-corrected chi connectivity index (χ1v) is 11.7. The minimum atomic E-state index is -0.465. The van der Waals surface area contributed by atoms with Crippen molar-refractivity contribution in [1.82, 2.24) is 10.1 Å². The van der Waals surface area contributed by atoms with Gasteiger partial charge in [0.25, 0.3) is 0 Å². The molecule has 1 saturated carbocycles. The topological polar surface area (TPSA) is 84.7 Å². The molecule has 178 valence electrons. The number of urea groups is 1. The van der Waals surface area contributed by atoms with Crippen molar-refractivity contribution in [3.8, 4) is 22.5 Å². The van der Waals surface area contributed by atoms with Crippen LogP contribution in [-0.2, 0) is 14.9 Å². The number of benzene rings is 2. The molecule has 1 heterocycles. The van der Waals surface area contributed by atoms with E-state index in [-0.39, 0.29) is 18.0 Å². The van der Waals surface area contributed by atoms with Gasteiger partial charge in [-0.05, 0) is 57.2 Å². The number of hydrogen-bond donors (Lipinski definition) is 1. The molecule has 1 aromatic heterocycles. The quantitative estimate of drug-likeness (QED) is 0.451. The van der Waals surface area contributed by atoms with Crippen LogP contribution < -0.4 is 5.32 Å². The summed E-state index contributed by atoms with van der Waals surface area (Å²) in [5.74, 6) is 0.395. The lowest BCUT2D eigenvalue weighted by atomic mass is 9.93. The van der Waals surface area contributed by atoms with Gasteiger partial charge in [0, 0.05) is 18.7 Å². The highest BCUT2D eigenvalue weighted by Crippen LogP contribution is 2.49. The molecule has 4 rings (SSSR count). The molecule has 0 bridgehead atoms. The minimum absolute atomic E-state index is 0.0707. The number of nitrogens with one attached hydrogen (secondary N) is 1. The van der Waals surface area contributed by atoms with Crippen molar-refractivity contribution in [2.45, 2.75) is 52.0 Å². The highest BCUT2D eigenvalue weighted by Gasteiger charge is 2.52. The minimum Gasteiger partial charge on any atom is -0.465 e. The number of carbonyl (C=O) groups is 2. The SMILES string of the molecule is CCOC(=O)C1(c2ccc(-c3ccc(-c4onc(C)c4NC(=O)N(C)C(C)C)cc3)cc2)CC1. The van der Waals surface area contributed by atoms with Gasteiger partial charge in [-0.1, -0.05) is 53.7 Å². The van der Waals surface area contributed by atoms with E-state index in [2.05, 4.69) is 10.5 Å². The molecule has 1 aliphatic carbocycles. The van der Waals surface area contributed by atoms with Crippen molar-refractivity contribution in [3.05, 3.63) is 59.8 Å². The van der Waals surface area contributed by atoms with Crippen LogP contribution in [0.3, 0.4) is 0 Å². The molecule has 7 nitrogen and oxygen atoms in total. The number of rotatable bonds is 7. The highest BCUT2D eigenvalue weighted by atomic mass is 16.5. The number of aromatic nitrogens is 1. The first-order chi connectivity index (χ1) is 16.3. The van der Waals surface area contributed by atoms with Gasteiger partial charge in [0.1, 0.15) is 11.4 Å². The summed E-state index contributed by atoms with van der Waals surface area (Å²) < 4.78 is 10.8. The Morgan fingerprint density at radius 2 is 1.62 bits per heavy atom. The summed E-state index contributed by atoms with van der Waals surface area (Å²) in [7, 11) is 1.75. The molecule has 2 amide bonds. The molecule has 0 aliphatic heterocycles. The van der Waals surface area contributed by atoms with Crippen molar-refractivity contribution >= 4 is 17.7 Å². The number of aryl methyl sites for hydroxylation is 1. The summed E-state index contributed by atoms with van der Waals surface area (Å²) in [6.07, 6.45) is 1.67. The standard InChI is InChI=1S/C27H31N3O4/c1-6-33-25(31)27(15-16-27)22-13-11-20(12-14-22)19-7-9-21(10-8-19)24-23(18(4)29-34-24)28-26(32)30(5)17(2)3/h7-14,17H,6,15-16H2,1-5H3,(H,28,32). The summed E-state index contributed by atoms with van der Waals surface area (Å²) >= 11 is 0. The van der Waals surface area contributed by atoms with E-state index >= 15 is 0 Å². The number of anilines is 1. The van der Waals surface area contributed by atoms with Gasteiger partial charge in [0.2, 0.25) is 0 Å². The first-order valence-electron chi connectivity index (χ1n) is 11.7. The van der Waals surface area contributed by atoms with Crippen molar-refractivity contribution in [2.24, 2.45) is 0 Å². The van der Waals surface area contributed by atoms with Crippen molar-refractivity contribution in [2.75, 3.05) is 19.0 Å². The van der Waals surface area contributed by atoms with E-state index in [4.69, 9.17) is 9.26 Å². The molecular formula is C27H31N3O4. The number of ether oxygens (including phenoxy) is 1. The van der Waals surface area contributed by atoms with E-state index in [0.717, 1.165) is 35.1 Å². The van der Waals surface area contributed by atoms with Crippen molar-refractivity contribution < 1.29 is 18.8 Å². The molecule has 0 saturated heterocycles. The highest BCUT2D eigenvalue weighted by molar-refractivity contribution is 5.94. The summed E-state index contributed by atoms with van der Waals surface area (Å²) in [6, 6.07) is 15.9. The van der Waals surface area contributed by atoms with Crippen LogP contribution in [0.2, 0.25) is 0 Å². The van der Waals surface area contributed by atoms with E-state index in [1.165, 1.54) is 0 Å². The predicted molar refractivity (Wildman–Crippen MR) is 132 cm³/mol. The van der Waals surface area contributed by atoms with E-state index < -0.39 is 5.41 Å². The molecule has 0 radical (unpaired) electrons. The zero-order chi connectivity index (χ0) is 24.5. The number of hydrogen-bond acceptors (Lipinski definition) is 5. The van der Waals surface area contributed by atoms with Gasteiger partial charge in [0.15, 0.2) is 5.76 Å². The monoisotopic (exact) mass is 461 g/mol. The van der Waals surface area contributed by atoms with Crippen LogP contribution in [-0.4, -0.2) is 41.8 Å². The summed E-state index contributed by atoms with van der Waals surface area (Å²) in [4.78, 5) is 26.5. The van der Waals surface area contributed by atoms with Gasteiger partial charge in [-0.2, -0.15) is 0 Å². The van der Waals surface area contributed by atoms with Crippen molar-refractivity contribution in [1.29, 1.82) is 0 Å². The fraction of sp³-hybridized carbons (Fsp3) is 0.370. The molecule has 0 atom stereocenters. The Bertz CT molecular complexity index is 1180. The van der Waals surface area contributed by atoms with Crippen LogP contribution in [0, 0.1) is 6.92 Å². The third-order valence-electron chi connectivity index (χ3n) is 6.52. The van der Waals surface area contributed by atoms with E-state index in [1.54, 1.807) is 18.9 Å². The van der Waals surface area contributed by atoms with Crippen LogP contribution in [0.4, 0.5) is 10.5 Å². The predicted octanol–water partition coefficient (Wildman–Crippen LogP) is 5.78. The second-order valence-corrected chi connectivity index (χ2v) is 9.06. The number of esters is 1. The molecule has 34 heavy (non-hydrogen) atoms. The Hall–Kier alpha value is -3.61. The maximum atomic E-state index is 12.5. The lowest BCUT2D eigenvalue weighted by Crippen LogP contribution is -2.36. The zero-order valence-electron chi connectivity index (χ0n) is 20.3. The Labute approximate surface area is 200 Å². The van der Waals surface area contributed by atoms with E-state index in [9.17, 15) is 9.59 Å². The van der Waals surface area contributed by atoms with Gasteiger partial charge < -0.3 is 19.5 Å². The number of amides is 2. The molecule has 2 aromatic carbocycles. The Balaban J connectivity index is 1.53. The molecule has 0 unspecified atom stereocenters. The van der Waals surface area contributed by atoms with Crippen LogP contribution in [0.5, 0.6) is 0 Å². The number of nitrogens with zero attached hydrogens (tertiary/aromatic N) is 2. The van der Waals surface area contributed by atoms with E-state index in [1.807, 2.05) is 69.3 Å². The fourth-order valence-corrected chi connectivity index (χ4v) is 3.94. The third-order valence-corrected chi connectivity index (χ3v) is 6.52. The van der Waals surface area contributed by atoms with Gasteiger partial charge in [-0.25, -0.2) is 4.79 Å². The van der Waals surface area contributed by atoms with Gasteiger partial charge in [-0.15, -0.1) is 0 Å².